The summed E-state index contributed by atoms with van der Waals surface area (Å²) in [5.41, 5.74) is 0. The second-order valence-electron chi connectivity index (χ2n) is 4.84. The average molecular weight is 300 g/mol. The van der Waals surface area contributed by atoms with Crippen LogP contribution in [-0.4, -0.2) is 54.5 Å². The maximum Gasteiger partial charge on any atom is 0.246 e. The van der Waals surface area contributed by atoms with E-state index in [1.54, 1.807) is 0 Å². The van der Waals surface area contributed by atoms with Crippen molar-refractivity contribution in [3.05, 3.63) is 12.4 Å². The number of ether oxygens (including phenoxy) is 1. The van der Waals surface area contributed by atoms with E-state index in [0.29, 0.717) is 25.6 Å². The first-order valence-corrected chi connectivity index (χ1v) is 8.08. The first-order valence-electron chi connectivity index (χ1n) is 6.64. The van der Waals surface area contributed by atoms with Gasteiger partial charge in [-0.1, -0.05) is 0 Å². The molecule has 0 radical (unpaired) electrons. The zero-order valence-corrected chi connectivity index (χ0v) is 12.7. The highest BCUT2D eigenvalue weighted by Gasteiger charge is 2.34. The van der Waals surface area contributed by atoms with Crippen LogP contribution >= 0.6 is 0 Å². The molecule has 1 N–H and O–H groups in total. The predicted molar refractivity (Wildman–Crippen MR) is 75.0 cm³/mol. The zero-order valence-electron chi connectivity index (χ0n) is 11.9. The molecule has 2 unspecified atom stereocenters. The molecule has 0 spiro atoms. The highest BCUT2D eigenvalue weighted by molar-refractivity contribution is 7.89. The van der Waals surface area contributed by atoms with Gasteiger partial charge in [0, 0.05) is 19.1 Å². The average Bonchev–Trinajstić information content (AvgIpc) is 2.42. The lowest BCUT2D eigenvalue weighted by molar-refractivity contribution is -0.0170. The topological polar surface area (TPSA) is 84.4 Å². The zero-order chi connectivity index (χ0) is 14.8. The molecule has 1 aromatic rings. The predicted octanol–water partition coefficient (Wildman–Crippen LogP) is 0.706. The number of aromatic nitrogens is 2. The molecular weight excluding hydrogens is 280 g/mol. The molecule has 0 aromatic carbocycles. The van der Waals surface area contributed by atoms with Gasteiger partial charge in [-0.2, -0.15) is 4.31 Å². The van der Waals surface area contributed by atoms with Crippen molar-refractivity contribution >= 4 is 16.0 Å². The highest BCUT2D eigenvalue weighted by Crippen LogP contribution is 2.21. The molecule has 1 aliphatic rings. The Balaban J connectivity index is 2.24. The van der Waals surface area contributed by atoms with Crippen molar-refractivity contribution in [1.29, 1.82) is 0 Å². The van der Waals surface area contributed by atoms with Crippen LogP contribution in [0.1, 0.15) is 20.8 Å². The number of nitrogens with one attached hydrogen (secondary N) is 1. The van der Waals surface area contributed by atoms with Crippen LogP contribution in [-0.2, 0) is 14.8 Å². The van der Waals surface area contributed by atoms with E-state index in [2.05, 4.69) is 15.3 Å². The Hall–Kier alpha value is -1.25. The van der Waals surface area contributed by atoms with Crippen LogP contribution in [0.15, 0.2) is 17.3 Å². The van der Waals surface area contributed by atoms with Crippen LogP contribution in [0.4, 0.5) is 5.95 Å². The number of rotatable bonds is 4. The number of anilines is 1. The lowest BCUT2D eigenvalue weighted by Gasteiger charge is -2.35. The lowest BCUT2D eigenvalue weighted by atomic mass is 10.2. The molecule has 1 aromatic heterocycles. The largest absolute Gasteiger partial charge is 0.375 e. The van der Waals surface area contributed by atoms with Crippen molar-refractivity contribution in [2.75, 3.05) is 25.0 Å². The third-order valence-electron chi connectivity index (χ3n) is 3.12. The van der Waals surface area contributed by atoms with Crippen molar-refractivity contribution in [1.82, 2.24) is 14.3 Å². The van der Waals surface area contributed by atoms with Crippen molar-refractivity contribution in [2.45, 2.75) is 37.8 Å². The summed E-state index contributed by atoms with van der Waals surface area (Å²) in [6.45, 7) is 7.04. The summed E-state index contributed by atoms with van der Waals surface area (Å²) >= 11 is 0. The third kappa shape index (κ3) is 3.08. The minimum atomic E-state index is -3.58. The normalized spacial score (nSPS) is 24.6. The van der Waals surface area contributed by atoms with Gasteiger partial charge in [-0.3, -0.25) is 0 Å². The Kier molecular flexibility index (Phi) is 4.56. The van der Waals surface area contributed by atoms with E-state index in [4.69, 9.17) is 4.74 Å². The minimum absolute atomic E-state index is 0.108. The molecule has 1 saturated heterocycles. The molecule has 112 valence electrons. The quantitative estimate of drug-likeness (QED) is 0.881. The molecule has 7 nitrogen and oxygen atoms in total. The van der Waals surface area contributed by atoms with Gasteiger partial charge in [-0.25, -0.2) is 18.4 Å². The van der Waals surface area contributed by atoms with E-state index >= 15 is 0 Å². The summed E-state index contributed by atoms with van der Waals surface area (Å²) in [6, 6.07) is -0.190. The Morgan fingerprint density at radius 1 is 1.40 bits per heavy atom. The molecule has 20 heavy (non-hydrogen) atoms. The molecular formula is C12H20N4O3S. The van der Waals surface area contributed by atoms with Crippen molar-refractivity contribution in [2.24, 2.45) is 0 Å². The highest BCUT2D eigenvalue weighted by atomic mass is 32.2. The fraction of sp³-hybridized carbons (Fsp3) is 0.667. The first kappa shape index (κ1) is 15.1. The van der Waals surface area contributed by atoms with Gasteiger partial charge in [0.2, 0.25) is 16.0 Å². The van der Waals surface area contributed by atoms with Crippen LogP contribution in [0, 0.1) is 0 Å². The van der Waals surface area contributed by atoms with Crippen molar-refractivity contribution in [3.63, 3.8) is 0 Å². The van der Waals surface area contributed by atoms with Crippen LogP contribution in [0.25, 0.3) is 0 Å². The summed E-state index contributed by atoms with van der Waals surface area (Å²) in [5, 5.41) is 2.93. The smallest absolute Gasteiger partial charge is 0.246 e. The number of hydrogen-bond donors (Lipinski definition) is 1. The van der Waals surface area contributed by atoms with E-state index in [0.717, 1.165) is 0 Å². The summed E-state index contributed by atoms with van der Waals surface area (Å²) in [5.74, 6) is 0.426. The molecule has 2 rings (SSSR count). The summed E-state index contributed by atoms with van der Waals surface area (Å²) in [6.07, 6.45) is 2.57. The molecule has 0 aliphatic carbocycles. The Bertz CT molecular complexity index is 546. The molecule has 0 saturated carbocycles. The summed E-state index contributed by atoms with van der Waals surface area (Å²) in [4.78, 5) is 8.14. The molecule has 0 bridgehead atoms. The maximum atomic E-state index is 12.6. The Labute approximate surface area is 119 Å². The molecule has 1 fully saturated rings. The van der Waals surface area contributed by atoms with Gasteiger partial charge in [0.15, 0.2) is 0 Å². The van der Waals surface area contributed by atoms with Crippen LogP contribution < -0.4 is 5.32 Å². The second kappa shape index (κ2) is 6.02. The number of hydrogen-bond acceptors (Lipinski definition) is 6. The fourth-order valence-corrected chi connectivity index (χ4v) is 3.63. The second-order valence-corrected chi connectivity index (χ2v) is 6.73. The monoisotopic (exact) mass is 300 g/mol. The van der Waals surface area contributed by atoms with Gasteiger partial charge in [0.05, 0.1) is 25.1 Å². The minimum Gasteiger partial charge on any atom is -0.375 e. The number of nitrogens with zero attached hydrogens (tertiary/aromatic N) is 3. The van der Waals surface area contributed by atoms with E-state index in [9.17, 15) is 8.42 Å². The summed E-state index contributed by atoms with van der Waals surface area (Å²) in [7, 11) is -3.58. The van der Waals surface area contributed by atoms with Crippen molar-refractivity contribution < 1.29 is 13.2 Å². The Morgan fingerprint density at radius 2 is 2.05 bits per heavy atom. The van der Waals surface area contributed by atoms with Crippen LogP contribution in [0.2, 0.25) is 0 Å². The summed E-state index contributed by atoms with van der Waals surface area (Å²) < 4.78 is 32.1. The fourth-order valence-electron chi connectivity index (χ4n) is 2.04. The van der Waals surface area contributed by atoms with E-state index in [1.165, 1.54) is 16.7 Å². The molecule has 8 heteroatoms. The molecule has 1 aliphatic heterocycles. The molecule has 0 amide bonds. The van der Waals surface area contributed by atoms with Gasteiger partial charge >= 0.3 is 0 Å². The standard InChI is InChI=1S/C12H20N4O3S/c1-4-13-12-14-5-11(6-15-12)20(17,18)16-7-10(3)19-8-9(16)2/h5-6,9-10H,4,7-8H2,1-3H3,(H,13,14,15). The van der Waals surface area contributed by atoms with Crippen LogP contribution in [0.5, 0.6) is 0 Å². The third-order valence-corrected chi connectivity index (χ3v) is 5.05. The van der Waals surface area contributed by atoms with Gasteiger partial charge in [0.1, 0.15) is 4.90 Å². The van der Waals surface area contributed by atoms with Gasteiger partial charge in [-0.05, 0) is 20.8 Å². The number of morpholine rings is 1. The van der Waals surface area contributed by atoms with Gasteiger partial charge in [-0.15, -0.1) is 0 Å². The van der Waals surface area contributed by atoms with Crippen molar-refractivity contribution in [3.8, 4) is 0 Å². The molecule has 2 heterocycles. The Morgan fingerprint density at radius 3 is 2.65 bits per heavy atom. The maximum absolute atomic E-state index is 12.6. The van der Waals surface area contributed by atoms with Gasteiger partial charge in [0.25, 0.3) is 0 Å². The SMILES string of the molecule is CCNc1ncc(S(=O)(=O)N2CC(C)OCC2C)cn1. The first-order chi connectivity index (χ1) is 9.45. The molecule has 2 atom stereocenters. The van der Waals surface area contributed by atoms with E-state index < -0.39 is 10.0 Å². The lowest BCUT2D eigenvalue weighted by Crippen LogP contribution is -2.50. The van der Waals surface area contributed by atoms with E-state index in [1.807, 2.05) is 20.8 Å². The van der Waals surface area contributed by atoms with E-state index in [-0.39, 0.29) is 17.0 Å². The van der Waals surface area contributed by atoms with Crippen LogP contribution in [0.3, 0.4) is 0 Å². The number of sulfonamides is 1. The van der Waals surface area contributed by atoms with Gasteiger partial charge < -0.3 is 10.1 Å².